The van der Waals surface area contributed by atoms with E-state index < -0.39 is 5.97 Å². The van der Waals surface area contributed by atoms with Crippen molar-refractivity contribution >= 4 is 34.0 Å². The second kappa shape index (κ2) is 5.31. The van der Waals surface area contributed by atoms with Gasteiger partial charge in [0.1, 0.15) is 5.82 Å². The predicted molar refractivity (Wildman–Crippen MR) is 89.7 cm³/mol. The fourth-order valence-electron chi connectivity index (χ4n) is 2.53. The van der Waals surface area contributed by atoms with E-state index >= 15 is 0 Å². The number of fused-ring (bicyclic) bond motifs is 3. The molecule has 7 nitrogen and oxygen atoms in total. The van der Waals surface area contributed by atoms with Gasteiger partial charge in [-0.3, -0.25) is 4.98 Å². The van der Waals surface area contributed by atoms with Crippen LogP contribution in [0.1, 0.15) is 16.1 Å². The van der Waals surface area contributed by atoms with Crippen LogP contribution in [0.2, 0.25) is 0 Å². The minimum Gasteiger partial charge on any atom is -0.476 e. The highest BCUT2D eigenvalue weighted by Gasteiger charge is 2.14. The number of carboxylic acids is 1. The smallest absolute Gasteiger partial charge is 0.356 e. The van der Waals surface area contributed by atoms with E-state index in [0.717, 1.165) is 11.1 Å². The molecule has 3 aromatic heterocycles. The molecule has 0 aliphatic rings. The molecule has 4 aromatic rings. The van der Waals surface area contributed by atoms with Gasteiger partial charge in [-0.1, -0.05) is 17.7 Å². The number of nitrogens with one attached hydrogen (secondary N) is 1. The third kappa shape index (κ3) is 2.32. The van der Waals surface area contributed by atoms with Crippen LogP contribution in [0.4, 0.5) is 11.5 Å². The zero-order valence-electron chi connectivity index (χ0n) is 12.8. The van der Waals surface area contributed by atoms with Crippen LogP contribution < -0.4 is 5.32 Å². The molecule has 2 N–H and O–H groups in total. The number of pyridine rings is 1. The van der Waals surface area contributed by atoms with E-state index in [2.05, 4.69) is 20.4 Å². The number of carboxylic acid groups (broad SMARTS) is 1. The molecule has 0 fully saturated rings. The van der Waals surface area contributed by atoms with Gasteiger partial charge in [0.25, 0.3) is 0 Å². The summed E-state index contributed by atoms with van der Waals surface area (Å²) in [6.07, 6.45) is 3.31. The minimum absolute atomic E-state index is 0.0554. The van der Waals surface area contributed by atoms with Crippen LogP contribution in [-0.4, -0.2) is 30.7 Å². The van der Waals surface area contributed by atoms with E-state index in [1.165, 1.54) is 16.1 Å². The largest absolute Gasteiger partial charge is 0.476 e. The number of nitrogens with zero attached hydrogens (tertiary/aromatic N) is 4. The third-order valence-corrected chi connectivity index (χ3v) is 3.73. The summed E-state index contributed by atoms with van der Waals surface area (Å²) in [7, 11) is 0. The van der Waals surface area contributed by atoms with Gasteiger partial charge in [-0.25, -0.2) is 14.3 Å². The molecule has 118 valence electrons. The van der Waals surface area contributed by atoms with Crippen molar-refractivity contribution in [1.29, 1.82) is 0 Å². The van der Waals surface area contributed by atoms with Crippen LogP contribution in [0.25, 0.3) is 16.6 Å². The summed E-state index contributed by atoms with van der Waals surface area (Å²) in [6.45, 7) is 2.02. The molecule has 24 heavy (non-hydrogen) atoms. The number of anilines is 2. The van der Waals surface area contributed by atoms with Gasteiger partial charge in [0.2, 0.25) is 0 Å². The Morgan fingerprint density at radius 1 is 1.21 bits per heavy atom. The number of hydrogen-bond donors (Lipinski definition) is 2. The number of benzene rings is 1. The number of aromatic nitrogens is 4. The lowest BCUT2D eigenvalue weighted by Gasteiger charge is -2.10. The van der Waals surface area contributed by atoms with Crippen molar-refractivity contribution in [3.05, 3.63) is 60.0 Å². The van der Waals surface area contributed by atoms with Crippen molar-refractivity contribution in [1.82, 2.24) is 19.6 Å². The Morgan fingerprint density at radius 3 is 2.75 bits per heavy atom. The van der Waals surface area contributed by atoms with E-state index in [1.54, 1.807) is 12.4 Å². The van der Waals surface area contributed by atoms with Crippen molar-refractivity contribution in [3.63, 3.8) is 0 Å². The lowest BCUT2D eigenvalue weighted by atomic mass is 10.2. The Kier molecular flexibility index (Phi) is 3.13. The lowest BCUT2D eigenvalue weighted by Crippen LogP contribution is -2.01. The summed E-state index contributed by atoms with van der Waals surface area (Å²) < 4.78 is 1.49. The fraction of sp³-hybridized carbons (Fsp3) is 0.0588. The molecule has 4 rings (SSSR count). The molecule has 3 heterocycles. The molecule has 7 heteroatoms. The molecule has 0 amide bonds. The number of carbonyl (C=O) groups is 1. The van der Waals surface area contributed by atoms with Gasteiger partial charge in [-0.2, -0.15) is 5.10 Å². The van der Waals surface area contributed by atoms with Crippen LogP contribution in [0.3, 0.4) is 0 Å². The monoisotopic (exact) mass is 319 g/mol. The van der Waals surface area contributed by atoms with Gasteiger partial charge < -0.3 is 10.4 Å². The average Bonchev–Trinajstić information content (AvgIpc) is 3.02. The SMILES string of the molecule is Cc1ccc(Nc2nc3cc(C(=O)O)nn3c3cnccc23)cc1. The van der Waals surface area contributed by atoms with Gasteiger partial charge in [-0.05, 0) is 25.1 Å². The van der Waals surface area contributed by atoms with E-state index in [9.17, 15) is 4.79 Å². The topological polar surface area (TPSA) is 92.4 Å². The molecule has 0 aliphatic heterocycles. The summed E-state index contributed by atoms with van der Waals surface area (Å²) in [5, 5.41) is 17.3. The minimum atomic E-state index is -1.09. The first-order valence-corrected chi connectivity index (χ1v) is 7.32. The number of rotatable bonds is 3. The molecule has 0 unspecified atom stereocenters. The Labute approximate surface area is 136 Å². The molecular weight excluding hydrogens is 306 g/mol. The van der Waals surface area contributed by atoms with E-state index in [-0.39, 0.29) is 5.69 Å². The maximum Gasteiger partial charge on any atom is 0.356 e. The van der Waals surface area contributed by atoms with Crippen molar-refractivity contribution in [2.24, 2.45) is 0 Å². The maximum absolute atomic E-state index is 11.2. The summed E-state index contributed by atoms with van der Waals surface area (Å²) in [4.78, 5) is 19.8. The molecule has 0 saturated carbocycles. The van der Waals surface area contributed by atoms with Crippen molar-refractivity contribution in [2.45, 2.75) is 6.92 Å². The summed E-state index contributed by atoms with van der Waals surface area (Å²) in [5.41, 5.74) is 3.14. The Bertz CT molecular complexity index is 1070. The van der Waals surface area contributed by atoms with Crippen LogP contribution in [0.15, 0.2) is 48.8 Å². The van der Waals surface area contributed by atoms with E-state index in [1.807, 2.05) is 37.3 Å². The van der Waals surface area contributed by atoms with Gasteiger partial charge in [-0.15, -0.1) is 0 Å². The quantitative estimate of drug-likeness (QED) is 0.603. The third-order valence-electron chi connectivity index (χ3n) is 3.73. The fourth-order valence-corrected chi connectivity index (χ4v) is 2.53. The predicted octanol–water partition coefficient (Wildman–Crippen LogP) is 3.03. The van der Waals surface area contributed by atoms with Gasteiger partial charge >= 0.3 is 5.97 Å². The number of aromatic carboxylic acids is 1. The normalized spacial score (nSPS) is 11.0. The zero-order chi connectivity index (χ0) is 16.7. The highest BCUT2D eigenvalue weighted by Crippen LogP contribution is 2.25. The Morgan fingerprint density at radius 2 is 2.00 bits per heavy atom. The standard InChI is InChI=1S/C17H13N5O2/c1-10-2-4-11(5-3-10)19-16-12-6-7-18-9-14(12)22-15(20-16)8-13(21-22)17(23)24/h2-9H,1H3,(H,19,20)(H,23,24). The number of aryl methyl sites for hydroxylation is 1. The number of hydrogen-bond acceptors (Lipinski definition) is 5. The molecule has 0 spiro atoms. The lowest BCUT2D eigenvalue weighted by molar-refractivity contribution is 0.0690. The molecule has 1 aromatic carbocycles. The van der Waals surface area contributed by atoms with Crippen molar-refractivity contribution in [2.75, 3.05) is 5.32 Å². The second-order valence-electron chi connectivity index (χ2n) is 5.45. The van der Waals surface area contributed by atoms with Crippen LogP contribution in [0.5, 0.6) is 0 Å². The van der Waals surface area contributed by atoms with Gasteiger partial charge in [0.15, 0.2) is 11.3 Å². The first-order chi connectivity index (χ1) is 11.6. The van der Waals surface area contributed by atoms with Gasteiger partial charge in [0.05, 0.1) is 11.7 Å². The Hall–Kier alpha value is -3.48. The second-order valence-corrected chi connectivity index (χ2v) is 5.45. The molecule has 0 radical (unpaired) electrons. The highest BCUT2D eigenvalue weighted by atomic mass is 16.4. The van der Waals surface area contributed by atoms with Gasteiger partial charge in [0, 0.05) is 23.3 Å². The highest BCUT2D eigenvalue weighted by molar-refractivity contribution is 5.94. The molecular formula is C17H13N5O2. The van der Waals surface area contributed by atoms with E-state index in [4.69, 9.17) is 5.11 Å². The first-order valence-electron chi connectivity index (χ1n) is 7.32. The molecule has 0 atom stereocenters. The zero-order valence-corrected chi connectivity index (χ0v) is 12.8. The van der Waals surface area contributed by atoms with Crippen LogP contribution in [0, 0.1) is 6.92 Å². The van der Waals surface area contributed by atoms with E-state index in [0.29, 0.717) is 17.0 Å². The average molecular weight is 319 g/mol. The molecule has 0 bridgehead atoms. The van der Waals surface area contributed by atoms with Crippen molar-refractivity contribution in [3.8, 4) is 0 Å². The van der Waals surface area contributed by atoms with Crippen LogP contribution >= 0.6 is 0 Å². The Balaban J connectivity index is 1.92. The summed E-state index contributed by atoms with van der Waals surface area (Å²) >= 11 is 0. The first kappa shape index (κ1) is 14.1. The van der Waals surface area contributed by atoms with Crippen molar-refractivity contribution < 1.29 is 9.90 Å². The molecule has 0 aliphatic carbocycles. The summed E-state index contributed by atoms with van der Waals surface area (Å²) in [6, 6.07) is 11.2. The summed E-state index contributed by atoms with van der Waals surface area (Å²) in [5.74, 6) is -0.467. The molecule has 0 saturated heterocycles. The van der Waals surface area contributed by atoms with Crippen LogP contribution in [-0.2, 0) is 0 Å². The maximum atomic E-state index is 11.2.